The Hall–Kier alpha value is -0.780. The van der Waals surface area contributed by atoms with Gasteiger partial charge in [-0.25, -0.2) is 9.97 Å². The first-order valence-electron chi connectivity index (χ1n) is 4.20. The molecular weight excluding hydrogens is 216 g/mol. The van der Waals surface area contributed by atoms with Gasteiger partial charge in [-0.1, -0.05) is 0 Å². The molecule has 2 heterocycles. The highest BCUT2D eigenvalue weighted by atomic mass is 32.1. The van der Waals surface area contributed by atoms with Crippen LogP contribution in [0.3, 0.4) is 0 Å². The minimum absolute atomic E-state index is 0.0154. The van der Waals surface area contributed by atoms with Crippen molar-refractivity contribution in [2.75, 3.05) is 0 Å². The molecule has 2 aromatic rings. The molecule has 0 aliphatic heterocycles. The number of rotatable bonds is 2. The second kappa shape index (κ2) is 3.76. The van der Waals surface area contributed by atoms with Crippen LogP contribution in [0.2, 0.25) is 0 Å². The summed E-state index contributed by atoms with van der Waals surface area (Å²) in [6, 6.07) is 0. The Kier molecular flexibility index (Phi) is 2.62. The van der Waals surface area contributed by atoms with E-state index in [9.17, 15) is 0 Å². The van der Waals surface area contributed by atoms with Crippen LogP contribution in [-0.4, -0.2) is 15.1 Å². The van der Waals surface area contributed by atoms with E-state index in [0.717, 1.165) is 26.3 Å². The van der Waals surface area contributed by atoms with Gasteiger partial charge in [-0.05, 0) is 13.8 Å². The molecule has 0 unspecified atom stereocenters. The SMILES string of the molecule is Cc1nc(C)c(-c2csc(CO)n2)s1. The van der Waals surface area contributed by atoms with Gasteiger partial charge in [-0.15, -0.1) is 22.7 Å². The number of hydrogen-bond acceptors (Lipinski definition) is 5. The number of aliphatic hydroxyl groups is 1. The molecule has 0 bridgehead atoms. The van der Waals surface area contributed by atoms with Gasteiger partial charge in [0.15, 0.2) is 0 Å². The second-order valence-corrected chi connectivity index (χ2v) is 5.08. The van der Waals surface area contributed by atoms with Crippen LogP contribution < -0.4 is 0 Å². The molecule has 74 valence electrons. The molecule has 2 aromatic heterocycles. The second-order valence-electron chi connectivity index (χ2n) is 2.93. The monoisotopic (exact) mass is 226 g/mol. The van der Waals surface area contributed by atoms with Crippen molar-refractivity contribution in [3.8, 4) is 10.6 Å². The van der Waals surface area contributed by atoms with Crippen molar-refractivity contribution in [2.45, 2.75) is 20.5 Å². The summed E-state index contributed by atoms with van der Waals surface area (Å²) in [7, 11) is 0. The molecule has 0 aromatic carbocycles. The van der Waals surface area contributed by atoms with Crippen LogP contribution in [0.5, 0.6) is 0 Å². The number of aryl methyl sites for hydroxylation is 2. The van der Waals surface area contributed by atoms with Gasteiger partial charge < -0.3 is 5.11 Å². The van der Waals surface area contributed by atoms with Gasteiger partial charge in [0, 0.05) is 5.38 Å². The van der Waals surface area contributed by atoms with Crippen molar-refractivity contribution in [2.24, 2.45) is 0 Å². The zero-order valence-electron chi connectivity index (χ0n) is 7.94. The predicted octanol–water partition coefficient (Wildman–Crippen LogP) is 2.38. The molecule has 0 aliphatic carbocycles. The van der Waals surface area contributed by atoms with Crippen molar-refractivity contribution in [1.29, 1.82) is 0 Å². The van der Waals surface area contributed by atoms with Crippen LogP contribution in [0, 0.1) is 13.8 Å². The highest BCUT2D eigenvalue weighted by Crippen LogP contribution is 2.30. The Morgan fingerprint density at radius 3 is 2.64 bits per heavy atom. The van der Waals surface area contributed by atoms with Crippen molar-refractivity contribution in [3.63, 3.8) is 0 Å². The molecule has 2 rings (SSSR count). The van der Waals surface area contributed by atoms with Gasteiger partial charge in [0.25, 0.3) is 0 Å². The summed E-state index contributed by atoms with van der Waals surface area (Å²) >= 11 is 3.12. The molecule has 14 heavy (non-hydrogen) atoms. The maximum atomic E-state index is 8.91. The number of aliphatic hydroxyl groups excluding tert-OH is 1. The first-order chi connectivity index (χ1) is 6.70. The standard InChI is InChI=1S/C9H10N2OS2/c1-5-9(14-6(2)10-5)7-4-13-8(3-12)11-7/h4,12H,3H2,1-2H3. The molecule has 0 atom stereocenters. The average molecular weight is 226 g/mol. The van der Waals surface area contributed by atoms with Crippen LogP contribution in [0.25, 0.3) is 10.6 Å². The van der Waals surface area contributed by atoms with Crippen LogP contribution >= 0.6 is 22.7 Å². The maximum absolute atomic E-state index is 8.91. The summed E-state index contributed by atoms with van der Waals surface area (Å²) in [4.78, 5) is 9.76. The minimum atomic E-state index is 0.0154. The fourth-order valence-electron chi connectivity index (χ4n) is 1.26. The maximum Gasteiger partial charge on any atom is 0.119 e. The van der Waals surface area contributed by atoms with Gasteiger partial charge in [-0.2, -0.15) is 0 Å². The van der Waals surface area contributed by atoms with Gasteiger partial charge >= 0.3 is 0 Å². The third-order valence-corrected chi connectivity index (χ3v) is 3.75. The summed E-state index contributed by atoms with van der Waals surface area (Å²) in [6.07, 6.45) is 0. The van der Waals surface area contributed by atoms with Crippen LogP contribution in [0.15, 0.2) is 5.38 Å². The van der Waals surface area contributed by atoms with E-state index >= 15 is 0 Å². The largest absolute Gasteiger partial charge is 0.389 e. The van der Waals surface area contributed by atoms with E-state index in [1.54, 1.807) is 11.3 Å². The highest BCUT2D eigenvalue weighted by Gasteiger charge is 2.10. The molecule has 0 fully saturated rings. The number of aromatic nitrogens is 2. The lowest BCUT2D eigenvalue weighted by atomic mass is 10.3. The van der Waals surface area contributed by atoms with Crippen LogP contribution in [0.1, 0.15) is 15.7 Å². The van der Waals surface area contributed by atoms with Crippen molar-refractivity contribution in [3.05, 3.63) is 21.1 Å². The number of hydrogen-bond donors (Lipinski definition) is 1. The van der Waals surface area contributed by atoms with Gasteiger partial charge in [0.05, 0.1) is 27.9 Å². The fourth-order valence-corrected chi connectivity index (χ4v) is 2.86. The average Bonchev–Trinajstić information content (AvgIpc) is 2.71. The van der Waals surface area contributed by atoms with E-state index in [1.807, 2.05) is 19.2 Å². The van der Waals surface area contributed by atoms with E-state index in [4.69, 9.17) is 5.11 Å². The molecule has 5 heteroatoms. The first kappa shape index (κ1) is 9.76. The van der Waals surface area contributed by atoms with Gasteiger partial charge in [0.1, 0.15) is 5.01 Å². The Morgan fingerprint density at radius 1 is 1.36 bits per heavy atom. The summed E-state index contributed by atoms with van der Waals surface area (Å²) in [5.41, 5.74) is 1.95. The Balaban J connectivity index is 2.43. The predicted molar refractivity (Wildman–Crippen MR) is 58.6 cm³/mol. The minimum Gasteiger partial charge on any atom is -0.389 e. The summed E-state index contributed by atoms with van der Waals surface area (Å²) < 4.78 is 0. The highest BCUT2D eigenvalue weighted by molar-refractivity contribution is 7.15. The molecule has 0 radical (unpaired) electrons. The van der Waals surface area contributed by atoms with Gasteiger partial charge in [-0.3, -0.25) is 0 Å². The Labute approximate surface area is 90.1 Å². The lowest BCUT2D eigenvalue weighted by molar-refractivity contribution is 0.281. The molecule has 1 N–H and O–H groups in total. The quantitative estimate of drug-likeness (QED) is 0.855. The summed E-state index contributed by atoms with van der Waals surface area (Å²) in [6.45, 7) is 3.98. The normalized spacial score (nSPS) is 10.8. The lowest BCUT2D eigenvalue weighted by Gasteiger charge is -1.90. The first-order valence-corrected chi connectivity index (χ1v) is 5.90. The third kappa shape index (κ3) is 1.70. The number of thiazole rings is 2. The van der Waals surface area contributed by atoms with E-state index in [2.05, 4.69) is 9.97 Å². The fraction of sp³-hybridized carbons (Fsp3) is 0.333. The summed E-state index contributed by atoms with van der Waals surface area (Å²) in [5, 5.41) is 12.7. The lowest BCUT2D eigenvalue weighted by Crippen LogP contribution is -1.81. The Bertz CT molecular complexity index is 447. The molecule has 0 saturated heterocycles. The van der Waals surface area contributed by atoms with E-state index in [0.29, 0.717) is 0 Å². The molecular formula is C9H10N2OS2. The molecule has 0 aliphatic rings. The molecule has 0 saturated carbocycles. The van der Waals surface area contributed by atoms with E-state index in [1.165, 1.54) is 11.3 Å². The van der Waals surface area contributed by atoms with Crippen LogP contribution in [-0.2, 0) is 6.61 Å². The zero-order valence-corrected chi connectivity index (χ0v) is 9.58. The van der Waals surface area contributed by atoms with Crippen molar-refractivity contribution < 1.29 is 5.11 Å². The van der Waals surface area contributed by atoms with Crippen molar-refractivity contribution in [1.82, 2.24) is 9.97 Å². The Morgan fingerprint density at radius 2 is 2.14 bits per heavy atom. The molecule has 3 nitrogen and oxygen atoms in total. The molecule has 0 spiro atoms. The zero-order chi connectivity index (χ0) is 10.1. The third-order valence-electron chi connectivity index (χ3n) is 1.82. The summed E-state index contributed by atoms with van der Waals surface area (Å²) in [5.74, 6) is 0. The van der Waals surface area contributed by atoms with E-state index < -0.39 is 0 Å². The number of nitrogens with zero attached hydrogens (tertiary/aromatic N) is 2. The van der Waals surface area contributed by atoms with Crippen LogP contribution in [0.4, 0.5) is 0 Å². The topological polar surface area (TPSA) is 46.0 Å². The van der Waals surface area contributed by atoms with Crippen molar-refractivity contribution >= 4 is 22.7 Å². The van der Waals surface area contributed by atoms with E-state index in [-0.39, 0.29) is 6.61 Å². The smallest absolute Gasteiger partial charge is 0.119 e. The molecule has 0 amide bonds. The van der Waals surface area contributed by atoms with Gasteiger partial charge in [0.2, 0.25) is 0 Å².